The van der Waals surface area contributed by atoms with Crippen molar-refractivity contribution in [2.24, 2.45) is 0 Å². The van der Waals surface area contributed by atoms with E-state index in [2.05, 4.69) is 34.9 Å². The van der Waals surface area contributed by atoms with Crippen molar-refractivity contribution in [2.75, 3.05) is 6.61 Å². The quantitative estimate of drug-likeness (QED) is 0.386. The highest BCUT2D eigenvalue weighted by molar-refractivity contribution is 7.10. The highest BCUT2D eigenvalue weighted by Gasteiger charge is 2.30. The van der Waals surface area contributed by atoms with Crippen LogP contribution in [0.25, 0.3) is 11.1 Å². The highest BCUT2D eigenvalue weighted by atomic mass is 32.1. The number of hydrogen-bond donors (Lipinski definition) is 3. The number of carboxylic acid groups (broad SMARTS) is 1. The van der Waals surface area contributed by atoms with E-state index in [9.17, 15) is 19.5 Å². The second-order valence-corrected chi connectivity index (χ2v) is 10.2. The summed E-state index contributed by atoms with van der Waals surface area (Å²) in [5.41, 5.74) is 3.87. The first-order valence-corrected chi connectivity index (χ1v) is 12.3. The Morgan fingerprint density at radius 1 is 1.00 bits per heavy atom. The van der Waals surface area contributed by atoms with Crippen molar-refractivity contribution in [3.05, 3.63) is 82.0 Å². The minimum Gasteiger partial charge on any atom is -0.479 e. The monoisotopic (exact) mass is 492 g/mol. The molecule has 8 heteroatoms. The van der Waals surface area contributed by atoms with Crippen molar-refractivity contribution in [1.29, 1.82) is 0 Å². The molecular weight excluding hydrogens is 464 g/mol. The molecule has 3 N–H and O–H groups in total. The minimum absolute atomic E-state index is 0.0350. The zero-order valence-electron chi connectivity index (χ0n) is 19.6. The van der Waals surface area contributed by atoms with E-state index in [1.165, 1.54) is 11.3 Å². The number of aliphatic carboxylic acids is 1. The van der Waals surface area contributed by atoms with Gasteiger partial charge in [-0.3, -0.25) is 4.79 Å². The van der Waals surface area contributed by atoms with E-state index in [1.807, 2.05) is 24.3 Å². The summed E-state index contributed by atoms with van der Waals surface area (Å²) in [5, 5.41) is 16.6. The molecule has 7 nitrogen and oxygen atoms in total. The lowest BCUT2D eigenvalue weighted by Crippen LogP contribution is -2.45. The fraction of sp³-hybridized carbons (Fsp3) is 0.296. The summed E-state index contributed by atoms with van der Waals surface area (Å²) in [6.07, 6.45) is -0.176. The van der Waals surface area contributed by atoms with Gasteiger partial charge in [0.05, 0.1) is 0 Å². The molecule has 2 amide bonds. The Morgan fingerprint density at radius 3 is 2.20 bits per heavy atom. The summed E-state index contributed by atoms with van der Waals surface area (Å²) in [6, 6.07) is 18.6. The third kappa shape index (κ3) is 5.71. The third-order valence-electron chi connectivity index (χ3n) is 6.14. The summed E-state index contributed by atoms with van der Waals surface area (Å²) >= 11 is 1.27. The van der Waals surface area contributed by atoms with E-state index >= 15 is 0 Å². The molecule has 0 fully saturated rings. The number of nitrogens with one attached hydrogen (secondary N) is 2. The number of hydrogen-bond acceptors (Lipinski definition) is 5. The van der Waals surface area contributed by atoms with E-state index in [1.54, 1.807) is 31.4 Å². The number of carbonyl (C=O) groups is 3. The molecule has 1 aromatic heterocycles. The number of rotatable bonds is 9. The fourth-order valence-electron chi connectivity index (χ4n) is 4.34. The van der Waals surface area contributed by atoms with Crippen molar-refractivity contribution in [1.82, 2.24) is 10.6 Å². The third-order valence-corrected chi connectivity index (χ3v) is 7.08. The summed E-state index contributed by atoms with van der Waals surface area (Å²) in [5.74, 6) is -1.54. The summed E-state index contributed by atoms with van der Waals surface area (Å²) in [6.45, 7) is 3.81. The first kappa shape index (κ1) is 24.5. The Kier molecular flexibility index (Phi) is 7.21. The van der Waals surface area contributed by atoms with Gasteiger partial charge in [0, 0.05) is 22.8 Å². The molecule has 0 aliphatic heterocycles. The maximum atomic E-state index is 12.6. The minimum atomic E-state index is -1.11. The Balaban J connectivity index is 1.30. The van der Waals surface area contributed by atoms with Gasteiger partial charge in [0.2, 0.25) is 5.91 Å². The molecule has 0 saturated heterocycles. The van der Waals surface area contributed by atoms with Crippen LogP contribution in [0.15, 0.2) is 66.0 Å². The van der Waals surface area contributed by atoms with Crippen LogP contribution in [0.5, 0.6) is 0 Å². The van der Waals surface area contributed by atoms with Crippen molar-refractivity contribution >= 4 is 29.3 Å². The number of amides is 2. The van der Waals surface area contributed by atoms with Gasteiger partial charge in [-0.05, 0) is 54.0 Å². The molecule has 1 aliphatic rings. The van der Waals surface area contributed by atoms with Crippen LogP contribution >= 0.6 is 11.3 Å². The molecule has 0 saturated carbocycles. The van der Waals surface area contributed by atoms with Gasteiger partial charge in [0.1, 0.15) is 6.61 Å². The van der Waals surface area contributed by atoms with Crippen LogP contribution in [-0.4, -0.2) is 35.2 Å². The van der Waals surface area contributed by atoms with Crippen LogP contribution in [0, 0.1) is 0 Å². The van der Waals surface area contributed by atoms with Crippen molar-refractivity contribution in [3.8, 4) is 11.1 Å². The van der Waals surface area contributed by atoms with Gasteiger partial charge in [0.15, 0.2) is 6.04 Å². The largest absolute Gasteiger partial charge is 0.479 e. The second-order valence-electron chi connectivity index (χ2n) is 9.19. The Labute approximate surface area is 208 Å². The zero-order chi connectivity index (χ0) is 25.0. The van der Waals surface area contributed by atoms with Gasteiger partial charge >= 0.3 is 12.1 Å². The topological polar surface area (TPSA) is 105 Å². The molecule has 1 atom stereocenters. The lowest BCUT2D eigenvalue weighted by atomic mass is 9.98. The molecular formula is C27H28N2O5S. The first-order valence-electron chi connectivity index (χ1n) is 11.4. The van der Waals surface area contributed by atoms with Gasteiger partial charge in [-0.2, -0.15) is 0 Å². The summed E-state index contributed by atoms with van der Waals surface area (Å²) in [4.78, 5) is 37.1. The molecule has 0 radical (unpaired) electrons. The van der Waals surface area contributed by atoms with Crippen molar-refractivity contribution < 1.29 is 24.2 Å². The van der Waals surface area contributed by atoms with E-state index in [-0.39, 0.29) is 18.9 Å². The average Bonchev–Trinajstić information content (AvgIpc) is 3.46. The number of benzene rings is 2. The van der Waals surface area contributed by atoms with Crippen LogP contribution in [0.2, 0.25) is 0 Å². The Morgan fingerprint density at radius 2 is 1.63 bits per heavy atom. The standard InChI is InChI=1S/C27H28N2O5S/c1-27(2,14-13-23(30)28-24(25(31)32)22-12-7-15-35-22)29-26(33)34-16-21-19-10-5-3-8-17(19)18-9-4-6-11-20(18)21/h3-12,15,21,24H,13-14,16H2,1-2H3,(H,28,30)(H,29,33)(H,31,32). The summed E-state index contributed by atoms with van der Waals surface area (Å²) < 4.78 is 5.60. The molecule has 0 bridgehead atoms. The Hall–Kier alpha value is -3.65. The molecule has 1 aliphatic carbocycles. The summed E-state index contributed by atoms with van der Waals surface area (Å²) in [7, 11) is 0. The molecule has 182 valence electrons. The van der Waals surface area contributed by atoms with Gasteiger partial charge < -0.3 is 20.5 Å². The molecule has 0 spiro atoms. The maximum Gasteiger partial charge on any atom is 0.407 e. The molecule has 4 rings (SSSR count). The molecule has 2 aromatic carbocycles. The molecule has 35 heavy (non-hydrogen) atoms. The van der Waals surface area contributed by atoms with Gasteiger partial charge in [0.25, 0.3) is 0 Å². The predicted octanol–water partition coefficient (Wildman–Crippen LogP) is 5.09. The van der Waals surface area contributed by atoms with Crippen LogP contribution in [0.3, 0.4) is 0 Å². The lowest BCUT2D eigenvalue weighted by molar-refractivity contribution is -0.142. The van der Waals surface area contributed by atoms with Crippen LogP contribution in [0.4, 0.5) is 4.79 Å². The highest BCUT2D eigenvalue weighted by Crippen LogP contribution is 2.44. The van der Waals surface area contributed by atoms with E-state index in [0.717, 1.165) is 22.3 Å². The SMILES string of the molecule is CC(C)(CCC(=O)NC(C(=O)O)c1cccs1)NC(=O)OCC1c2ccccc2-c2ccccc21. The van der Waals surface area contributed by atoms with Gasteiger partial charge in [-0.1, -0.05) is 54.6 Å². The average molecular weight is 493 g/mol. The maximum absolute atomic E-state index is 12.6. The second kappa shape index (κ2) is 10.3. The fourth-order valence-corrected chi connectivity index (χ4v) is 5.11. The number of carbonyl (C=O) groups excluding carboxylic acids is 2. The molecule has 1 unspecified atom stereocenters. The molecule has 3 aromatic rings. The van der Waals surface area contributed by atoms with E-state index in [0.29, 0.717) is 11.3 Å². The number of alkyl carbamates (subject to hydrolysis) is 1. The van der Waals surface area contributed by atoms with E-state index in [4.69, 9.17) is 4.74 Å². The number of carboxylic acids is 1. The smallest absolute Gasteiger partial charge is 0.407 e. The van der Waals surface area contributed by atoms with Gasteiger partial charge in [-0.25, -0.2) is 9.59 Å². The van der Waals surface area contributed by atoms with Crippen LogP contribution < -0.4 is 10.6 Å². The number of ether oxygens (including phenoxy) is 1. The van der Waals surface area contributed by atoms with E-state index < -0.39 is 29.6 Å². The zero-order valence-corrected chi connectivity index (χ0v) is 20.4. The van der Waals surface area contributed by atoms with Crippen molar-refractivity contribution in [2.45, 2.75) is 44.2 Å². The van der Waals surface area contributed by atoms with Crippen molar-refractivity contribution in [3.63, 3.8) is 0 Å². The number of fused-ring (bicyclic) bond motifs is 3. The van der Waals surface area contributed by atoms with Crippen LogP contribution in [0.1, 0.15) is 54.7 Å². The first-order chi connectivity index (χ1) is 16.7. The van der Waals surface area contributed by atoms with Crippen LogP contribution in [-0.2, 0) is 14.3 Å². The predicted molar refractivity (Wildman–Crippen MR) is 134 cm³/mol. The number of thiophene rings is 1. The Bertz CT molecular complexity index is 1180. The van der Waals surface area contributed by atoms with Gasteiger partial charge in [-0.15, -0.1) is 11.3 Å². The normalized spacial score (nSPS) is 13.4. The molecule has 1 heterocycles. The lowest BCUT2D eigenvalue weighted by Gasteiger charge is -2.26.